The Morgan fingerprint density at radius 2 is 1.61 bits per heavy atom. The number of aliphatic hydroxyl groups excluding tert-OH is 2. The van der Waals surface area contributed by atoms with Crippen LogP contribution in [0.1, 0.15) is 37.2 Å². The smallest absolute Gasteiger partial charge is 1.00 e. The molecule has 16 nitrogen and oxygen atoms in total. The zero-order valence-electron chi connectivity index (χ0n) is 28.8. The quantitative estimate of drug-likeness (QED) is 0.0680. The molecule has 0 bridgehead atoms. The van der Waals surface area contributed by atoms with E-state index < -0.39 is 80.7 Å². The van der Waals surface area contributed by atoms with Gasteiger partial charge in [-0.05, 0) is 61.4 Å². The van der Waals surface area contributed by atoms with Crippen molar-refractivity contribution < 1.29 is 79.0 Å². The molecule has 1 aromatic heterocycles. The third-order valence-corrected chi connectivity index (χ3v) is 11.9. The summed E-state index contributed by atoms with van der Waals surface area (Å²) < 4.78 is 25.9. The molecule has 2 fully saturated rings. The number of phenols is 1. The van der Waals surface area contributed by atoms with Crippen molar-refractivity contribution >= 4 is 45.5 Å². The second-order valence-corrected chi connectivity index (χ2v) is 15.8. The number of benzene rings is 2. The number of aliphatic carboxylic acids is 1. The number of carbonyl (C=O) groups is 4. The van der Waals surface area contributed by atoms with Crippen LogP contribution in [0.25, 0.3) is 11.3 Å². The van der Waals surface area contributed by atoms with Gasteiger partial charge in [-0.3, -0.25) is 19.2 Å². The molecular weight excluding hydrogens is 718 g/mol. The van der Waals surface area contributed by atoms with Gasteiger partial charge in [-0.1, -0.05) is 24.3 Å². The number of nitrogens with one attached hydrogen (secondary N) is 3. The van der Waals surface area contributed by atoms with Crippen LogP contribution in [0.15, 0.2) is 70.4 Å². The van der Waals surface area contributed by atoms with E-state index in [0.717, 1.165) is 4.31 Å². The first-order chi connectivity index (χ1) is 23.6. The van der Waals surface area contributed by atoms with E-state index >= 15 is 0 Å². The fourth-order valence-electron chi connectivity index (χ4n) is 5.91. The number of thioether (sulfide) groups is 1. The molecule has 4 atom stereocenters. The van der Waals surface area contributed by atoms with Gasteiger partial charge in [-0.15, -0.1) is 11.8 Å². The molecule has 0 spiro atoms. The number of carbonyl (C=O) groups excluding carboxylic acids is 3. The van der Waals surface area contributed by atoms with Crippen molar-refractivity contribution in [1.82, 2.24) is 24.8 Å². The van der Waals surface area contributed by atoms with E-state index in [9.17, 15) is 52.8 Å². The Bertz CT molecular complexity index is 1980. The SMILES string of the molecule is CC1(C)S[C@@H]2[C@H](NC(=O)C(NC(=O)c3ccc(-c4ccc(S(=O)(=O)N(CCO)CCO)cc4)[nH]c3=O)c3ccc(O)cc3)C(=O)N2[C@H]1C(=O)O.[H-].[Na+]. The van der Waals surface area contributed by atoms with Crippen LogP contribution in [0.5, 0.6) is 5.75 Å². The predicted octanol–water partition coefficient (Wildman–Crippen LogP) is -3.06. The number of β-lactam (4-membered cyclic amide) rings is 1. The van der Waals surface area contributed by atoms with Gasteiger partial charge in [-0.25, -0.2) is 13.2 Å². The van der Waals surface area contributed by atoms with Crippen LogP contribution in [0.2, 0.25) is 0 Å². The van der Waals surface area contributed by atoms with Crippen molar-refractivity contribution in [3.05, 3.63) is 82.1 Å². The molecule has 51 heavy (non-hydrogen) atoms. The molecule has 2 saturated heterocycles. The number of carboxylic acid groups (broad SMARTS) is 1. The van der Waals surface area contributed by atoms with Crippen LogP contribution in [0.3, 0.4) is 0 Å². The minimum atomic E-state index is -4.02. The average Bonchev–Trinajstić information content (AvgIpc) is 3.33. The molecule has 2 aliphatic rings. The molecule has 2 aromatic carbocycles. The molecule has 1 unspecified atom stereocenters. The second kappa shape index (κ2) is 15.9. The molecular formula is C32H36N5NaO11S2. The number of aliphatic hydroxyl groups is 2. The van der Waals surface area contributed by atoms with Crippen LogP contribution >= 0.6 is 11.8 Å². The summed E-state index contributed by atoms with van der Waals surface area (Å²) in [5.74, 6) is -3.62. The van der Waals surface area contributed by atoms with Crippen LogP contribution in [-0.4, -0.2) is 115 Å². The summed E-state index contributed by atoms with van der Waals surface area (Å²) in [4.78, 5) is 68.6. The average molecular weight is 754 g/mol. The molecule has 268 valence electrons. The third-order valence-electron chi connectivity index (χ3n) is 8.39. The number of hydrogen-bond acceptors (Lipinski definition) is 11. The molecule has 19 heteroatoms. The molecule has 3 amide bonds. The second-order valence-electron chi connectivity index (χ2n) is 12.1. The molecule has 2 aliphatic heterocycles. The molecule has 0 saturated carbocycles. The summed E-state index contributed by atoms with van der Waals surface area (Å²) >= 11 is 1.23. The largest absolute Gasteiger partial charge is 1.00 e. The molecule has 0 radical (unpaired) electrons. The fourth-order valence-corrected chi connectivity index (χ4v) is 8.96. The molecule has 0 aliphatic carbocycles. The fraction of sp³-hybridized carbons (Fsp3) is 0.344. The van der Waals surface area contributed by atoms with Crippen LogP contribution in [0, 0.1) is 0 Å². The van der Waals surface area contributed by atoms with E-state index in [1.54, 1.807) is 13.8 Å². The van der Waals surface area contributed by atoms with Gasteiger partial charge in [0.2, 0.25) is 21.8 Å². The molecule has 3 aromatic rings. The van der Waals surface area contributed by atoms with E-state index in [1.165, 1.54) is 77.3 Å². The zero-order valence-corrected chi connectivity index (χ0v) is 31.4. The summed E-state index contributed by atoms with van der Waals surface area (Å²) in [5.41, 5.74) is -0.318. The van der Waals surface area contributed by atoms with Gasteiger partial charge in [0.25, 0.3) is 11.5 Å². The number of amides is 3. The molecule has 3 heterocycles. The first-order valence-corrected chi connectivity index (χ1v) is 17.6. The number of hydrogen-bond donors (Lipinski definition) is 7. The van der Waals surface area contributed by atoms with Gasteiger partial charge < -0.3 is 42.4 Å². The Labute approximate surface area is 320 Å². The van der Waals surface area contributed by atoms with E-state index in [2.05, 4.69) is 15.6 Å². The predicted molar refractivity (Wildman–Crippen MR) is 181 cm³/mol. The number of aromatic hydroxyl groups is 1. The number of rotatable bonds is 13. The van der Waals surface area contributed by atoms with Crippen LogP contribution in [0.4, 0.5) is 0 Å². The van der Waals surface area contributed by atoms with Gasteiger partial charge >= 0.3 is 35.5 Å². The monoisotopic (exact) mass is 753 g/mol. The standard InChI is InChI=1S/C32H35N5O11S2.Na.H/c1-32(2)25(31(45)46)37-29(44)24(30(37)49-32)35-28(43)23(18-3-7-19(40)8-4-18)34-27(42)21-11-12-22(33-26(21)41)17-5-9-20(10-6-17)50(47,48)36(13-15-38)14-16-39;;/h3-12,23-25,30,38-40H,13-16H2,1-2H3,(H,33,41)(H,34,42)(H,35,43)(H,45,46);;/q;+1;-1/t23?,24-,25+,30-;;/m1../s1. The maximum absolute atomic E-state index is 13.6. The van der Waals surface area contributed by atoms with Crippen molar-refractivity contribution in [2.24, 2.45) is 0 Å². The number of nitrogens with zero attached hydrogens (tertiary/aromatic N) is 2. The maximum Gasteiger partial charge on any atom is 1.00 e. The number of carboxylic acids is 1. The minimum Gasteiger partial charge on any atom is -1.00 e. The number of aromatic nitrogens is 1. The number of phenolic OH excluding ortho intramolecular Hbond substituents is 1. The number of aromatic amines is 1. The van der Waals surface area contributed by atoms with Gasteiger partial charge in [-0.2, -0.15) is 4.31 Å². The summed E-state index contributed by atoms with van der Waals surface area (Å²) in [6, 6.07) is 9.86. The van der Waals surface area contributed by atoms with Crippen molar-refractivity contribution in [2.45, 2.75) is 47.0 Å². The first-order valence-electron chi connectivity index (χ1n) is 15.3. The Morgan fingerprint density at radius 1 is 1.00 bits per heavy atom. The first kappa shape index (κ1) is 40.0. The van der Waals surface area contributed by atoms with Crippen molar-refractivity contribution in [1.29, 1.82) is 0 Å². The van der Waals surface area contributed by atoms with Crippen LogP contribution < -0.4 is 45.8 Å². The van der Waals surface area contributed by atoms with E-state index in [0.29, 0.717) is 5.56 Å². The summed E-state index contributed by atoms with van der Waals surface area (Å²) in [7, 11) is -4.02. The van der Waals surface area contributed by atoms with Crippen LogP contribution in [-0.2, 0) is 24.4 Å². The zero-order chi connectivity index (χ0) is 36.5. The third kappa shape index (κ3) is 8.02. The normalized spacial score (nSPS) is 19.7. The summed E-state index contributed by atoms with van der Waals surface area (Å²) in [6.45, 7) is 2.09. The minimum absolute atomic E-state index is 0. The number of fused-ring (bicyclic) bond motifs is 1. The van der Waals surface area contributed by atoms with Crippen molar-refractivity contribution in [3.8, 4) is 17.0 Å². The summed E-state index contributed by atoms with van der Waals surface area (Å²) in [6.07, 6.45) is 0. The van der Waals surface area contributed by atoms with E-state index in [1.807, 2.05) is 0 Å². The Morgan fingerprint density at radius 3 is 2.16 bits per heavy atom. The molecule has 7 N–H and O–H groups in total. The summed E-state index contributed by atoms with van der Waals surface area (Å²) in [5, 5.41) is 42.4. The van der Waals surface area contributed by atoms with Gasteiger partial charge in [0.05, 0.1) is 18.1 Å². The van der Waals surface area contributed by atoms with Gasteiger partial charge in [0.1, 0.15) is 34.8 Å². The Kier molecular flexibility index (Phi) is 12.5. The van der Waals surface area contributed by atoms with Crippen molar-refractivity contribution in [3.63, 3.8) is 0 Å². The van der Waals surface area contributed by atoms with Gasteiger partial charge in [0.15, 0.2) is 0 Å². The topological polar surface area (TPSA) is 247 Å². The van der Waals surface area contributed by atoms with E-state index in [-0.39, 0.29) is 71.5 Å². The Hall–Kier alpha value is -3.75. The Balaban J connectivity index is 0.00000364. The number of pyridine rings is 1. The number of H-pyrrole nitrogens is 1. The molecule has 5 rings (SSSR count). The number of sulfonamides is 1. The van der Waals surface area contributed by atoms with E-state index in [4.69, 9.17) is 0 Å². The maximum atomic E-state index is 13.6. The van der Waals surface area contributed by atoms with Gasteiger partial charge in [0, 0.05) is 23.5 Å². The van der Waals surface area contributed by atoms with Crippen molar-refractivity contribution in [2.75, 3.05) is 26.3 Å².